The molecule has 1 saturated heterocycles. The normalized spacial score (nSPS) is 22.8. The van der Waals surface area contributed by atoms with Crippen LogP contribution in [0.1, 0.15) is 30.9 Å². The first kappa shape index (κ1) is 18.2. The molecular weight excluding hydrogens is 307 g/mol. The highest BCUT2D eigenvalue weighted by Crippen LogP contribution is 2.32. The second-order valence-corrected chi connectivity index (χ2v) is 6.55. The van der Waals surface area contributed by atoms with Crippen LogP contribution in [0.5, 0.6) is 0 Å². The van der Waals surface area contributed by atoms with Crippen molar-refractivity contribution in [3.05, 3.63) is 35.4 Å². The molecular formula is C17H24F3NO2. The van der Waals surface area contributed by atoms with E-state index >= 15 is 0 Å². The van der Waals surface area contributed by atoms with Crippen molar-refractivity contribution in [1.82, 2.24) is 4.90 Å². The molecule has 3 nitrogen and oxygen atoms in total. The average molecular weight is 331 g/mol. The minimum atomic E-state index is -4.40. The van der Waals surface area contributed by atoms with Gasteiger partial charge >= 0.3 is 6.18 Å². The fourth-order valence-electron chi connectivity index (χ4n) is 3.22. The molecule has 1 heterocycles. The topological polar surface area (TPSA) is 32.7 Å². The van der Waals surface area contributed by atoms with Crippen molar-refractivity contribution < 1.29 is 23.0 Å². The number of ether oxygens (including phenoxy) is 1. The van der Waals surface area contributed by atoms with Gasteiger partial charge < -0.3 is 9.84 Å². The van der Waals surface area contributed by atoms with Crippen molar-refractivity contribution in [2.45, 2.75) is 31.5 Å². The molecule has 0 spiro atoms. The van der Waals surface area contributed by atoms with Gasteiger partial charge in [-0.25, -0.2) is 0 Å². The number of rotatable bonds is 5. The first-order chi connectivity index (χ1) is 10.7. The molecule has 2 atom stereocenters. The highest BCUT2D eigenvalue weighted by molar-refractivity contribution is 5.29. The fraction of sp³-hybridized carbons (Fsp3) is 0.647. The Morgan fingerprint density at radius 3 is 2.65 bits per heavy atom. The molecule has 0 amide bonds. The Morgan fingerprint density at radius 2 is 2.00 bits per heavy atom. The van der Waals surface area contributed by atoms with Crippen LogP contribution in [0.4, 0.5) is 13.2 Å². The van der Waals surface area contributed by atoms with Crippen LogP contribution in [0.3, 0.4) is 0 Å². The van der Waals surface area contributed by atoms with E-state index in [1.165, 1.54) is 6.07 Å². The maximum atomic E-state index is 12.8. The van der Waals surface area contributed by atoms with Crippen LogP contribution in [0.2, 0.25) is 0 Å². The summed E-state index contributed by atoms with van der Waals surface area (Å²) in [6, 6.07) is 4.95. The molecule has 23 heavy (non-hydrogen) atoms. The van der Waals surface area contributed by atoms with Gasteiger partial charge in [0.05, 0.1) is 17.8 Å². The lowest BCUT2D eigenvalue weighted by Gasteiger charge is -2.37. The van der Waals surface area contributed by atoms with Crippen molar-refractivity contribution in [3.8, 4) is 0 Å². The summed E-state index contributed by atoms with van der Waals surface area (Å²) in [7, 11) is 1.66. The summed E-state index contributed by atoms with van der Waals surface area (Å²) in [5.74, 6) is 0.408. The van der Waals surface area contributed by atoms with Crippen LogP contribution in [0.25, 0.3) is 0 Å². The van der Waals surface area contributed by atoms with Gasteiger partial charge in [-0.05, 0) is 49.9 Å². The van der Waals surface area contributed by atoms with Crippen LogP contribution < -0.4 is 0 Å². The Hall–Kier alpha value is -1.11. The second kappa shape index (κ2) is 7.20. The van der Waals surface area contributed by atoms with Crippen LogP contribution in [-0.2, 0) is 16.5 Å². The number of hydrogen-bond donors (Lipinski definition) is 1. The zero-order valence-corrected chi connectivity index (χ0v) is 13.6. The fourth-order valence-corrected chi connectivity index (χ4v) is 3.22. The third-order valence-corrected chi connectivity index (χ3v) is 4.35. The minimum absolute atomic E-state index is 0.293. The van der Waals surface area contributed by atoms with E-state index in [4.69, 9.17) is 4.74 Å². The number of nitrogens with zero attached hydrogens (tertiary/aromatic N) is 1. The molecule has 1 aromatic rings. The van der Waals surface area contributed by atoms with Crippen molar-refractivity contribution in [3.63, 3.8) is 0 Å². The Labute approximate surface area is 135 Å². The predicted molar refractivity (Wildman–Crippen MR) is 82.1 cm³/mol. The van der Waals surface area contributed by atoms with Gasteiger partial charge in [0.2, 0.25) is 0 Å². The summed E-state index contributed by atoms with van der Waals surface area (Å²) in [6.45, 7) is 4.19. The third-order valence-electron chi connectivity index (χ3n) is 4.35. The summed E-state index contributed by atoms with van der Waals surface area (Å²) >= 11 is 0. The molecule has 2 rings (SSSR count). The smallest absolute Gasteiger partial charge is 0.384 e. The maximum absolute atomic E-state index is 12.8. The average Bonchev–Trinajstić information content (AvgIpc) is 2.47. The number of β-amino-alcohol motifs (C(OH)–C–C–N with tert-alkyl or cyclic N) is 1. The monoisotopic (exact) mass is 331 g/mol. The molecule has 130 valence electrons. The molecule has 1 aliphatic heterocycles. The van der Waals surface area contributed by atoms with Gasteiger partial charge in [-0.15, -0.1) is 0 Å². The molecule has 1 aliphatic rings. The van der Waals surface area contributed by atoms with E-state index < -0.39 is 17.3 Å². The number of likely N-dealkylation sites (tertiary alicyclic amines) is 1. The van der Waals surface area contributed by atoms with E-state index in [9.17, 15) is 18.3 Å². The van der Waals surface area contributed by atoms with E-state index in [-0.39, 0.29) is 0 Å². The lowest BCUT2D eigenvalue weighted by Crippen LogP contribution is -2.44. The highest BCUT2D eigenvalue weighted by atomic mass is 19.4. The molecule has 0 aliphatic carbocycles. The van der Waals surface area contributed by atoms with Crippen LogP contribution in [0, 0.1) is 5.92 Å². The standard InChI is InChI=1S/C17H24F3NO2/c1-16(22,12-21-8-4-5-13(10-21)11-23-2)14-6-3-7-15(9-14)17(18,19)20/h3,6-7,9,13,22H,4-5,8,10-12H2,1-2H3. The lowest BCUT2D eigenvalue weighted by atomic mass is 9.91. The first-order valence-electron chi connectivity index (χ1n) is 7.84. The number of halogens is 3. The molecule has 1 fully saturated rings. The zero-order valence-electron chi connectivity index (χ0n) is 13.6. The molecule has 2 unspecified atom stereocenters. The summed E-state index contributed by atoms with van der Waals surface area (Å²) in [5, 5.41) is 10.7. The zero-order chi connectivity index (χ0) is 17.1. The van der Waals surface area contributed by atoms with Crippen molar-refractivity contribution in [1.29, 1.82) is 0 Å². The Balaban J connectivity index is 2.09. The van der Waals surface area contributed by atoms with Crippen molar-refractivity contribution in [2.75, 3.05) is 33.4 Å². The molecule has 0 aromatic heterocycles. The lowest BCUT2D eigenvalue weighted by molar-refractivity contribution is -0.137. The second-order valence-electron chi connectivity index (χ2n) is 6.55. The van der Waals surface area contributed by atoms with Gasteiger partial charge in [-0.1, -0.05) is 12.1 Å². The van der Waals surface area contributed by atoms with Gasteiger partial charge in [0.25, 0.3) is 0 Å². The Morgan fingerprint density at radius 1 is 1.30 bits per heavy atom. The SMILES string of the molecule is COCC1CCCN(CC(C)(O)c2cccc(C(F)(F)F)c2)C1. The molecule has 1 aromatic carbocycles. The van der Waals surface area contributed by atoms with Gasteiger partial charge in [0, 0.05) is 20.2 Å². The van der Waals surface area contributed by atoms with E-state index in [0.29, 0.717) is 24.6 Å². The van der Waals surface area contributed by atoms with Gasteiger partial charge in [-0.3, -0.25) is 4.90 Å². The van der Waals surface area contributed by atoms with Crippen molar-refractivity contribution in [2.24, 2.45) is 5.92 Å². The number of aliphatic hydroxyl groups is 1. The number of alkyl halides is 3. The van der Waals surface area contributed by atoms with E-state index in [0.717, 1.165) is 38.1 Å². The Bertz CT molecular complexity index is 515. The molecule has 6 heteroatoms. The van der Waals surface area contributed by atoms with Crippen molar-refractivity contribution >= 4 is 0 Å². The number of benzene rings is 1. The summed E-state index contributed by atoms with van der Waals surface area (Å²) < 4.78 is 43.7. The number of hydrogen-bond acceptors (Lipinski definition) is 3. The van der Waals surface area contributed by atoms with E-state index in [2.05, 4.69) is 4.90 Å². The first-order valence-corrected chi connectivity index (χ1v) is 7.84. The summed E-state index contributed by atoms with van der Waals surface area (Å²) in [5.41, 5.74) is -1.76. The molecule has 0 radical (unpaired) electrons. The van der Waals surface area contributed by atoms with Gasteiger partial charge in [0.1, 0.15) is 0 Å². The quantitative estimate of drug-likeness (QED) is 0.899. The van der Waals surface area contributed by atoms with E-state index in [1.54, 1.807) is 20.1 Å². The maximum Gasteiger partial charge on any atom is 0.416 e. The minimum Gasteiger partial charge on any atom is -0.384 e. The van der Waals surface area contributed by atoms with Gasteiger partial charge in [0.15, 0.2) is 0 Å². The largest absolute Gasteiger partial charge is 0.416 e. The van der Waals surface area contributed by atoms with Gasteiger partial charge in [-0.2, -0.15) is 13.2 Å². The van der Waals surface area contributed by atoms with E-state index in [1.807, 2.05) is 0 Å². The number of methoxy groups -OCH3 is 1. The molecule has 0 saturated carbocycles. The predicted octanol–water partition coefficient (Wildman–Crippen LogP) is 3.27. The summed E-state index contributed by atoms with van der Waals surface area (Å²) in [6.07, 6.45) is -2.32. The Kier molecular flexibility index (Phi) is 5.70. The van der Waals surface area contributed by atoms with Crippen LogP contribution in [-0.4, -0.2) is 43.4 Å². The molecule has 0 bridgehead atoms. The molecule has 1 N–H and O–H groups in total. The van der Waals surface area contributed by atoms with Crippen LogP contribution in [0.15, 0.2) is 24.3 Å². The highest BCUT2D eigenvalue weighted by Gasteiger charge is 2.34. The van der Waals surface area contributed by atoms with Crippen LogP contribution >= 0.6 is 0 Å². The number of piperidine rings is 1. The third kappa shape index (κ3) is 4.93. The summed E-state index contributed by atoms with van der Waals surface area (Å²) in [4.78, 5) is 2.10.